The number of hydrogen-bond acceptors (Lipinski definition) is 10. The first-order valence-electron chi connectivity index (χ1n) is 14.3. The number of nitrogens with two attached hydrogens (primary N) is 2. The maximum atomic E-state index is 13.4. The molecular formula is C32H32N6O6S2. The minimum Gasteiger partial charge on any atom is -0.368 e. The number of thioether (sulfide) groups is 2. The predicted octanol–water partition coefficient (Wildman–Crippen LogP) is 3.33. The number of rotatable bonds is 12. The van der Waals surface area contributed by atoms with Gasteiger partial charge in [-0.25, -0.2) is 0 Å². The van der Waals surface area contributed by atoms with E-state index in [1.54, 1.807) is 48.5 Å². The van der Waals surface area contributed by atoms with Crippen LogP contribution in [0.2, 0.25) is 0 Å². The average Bonchev–Trinajstić information content (AvgIpc) is 3.45. The molecule has 2 saturated heterocycles. The highest BCUT2D eigenvalue weighted by Gasteiger charge is 2.45. The van der Waals surface area contributed by atoms with Gasteiger partial charge in [0.05, 0.1) is 26.2 Å². The third kappa shape index (κ3) is 7.18. The van der Waals surface area contributed by atoms with E-state index in [4.69, 9.17) is 11.5 Å². The number of benzene rings is 3. The molecule has 0 unspecified atom stereocenters. The third-order valence-electron chi connectivity index (χ3n) is 7.47. The highest BCUT2D eigenvalue weighted by Crippen LogP contribution is 2.35. The molecular weight excluding hydrogens is 629 g/mol. The van der Waals surface area contributed by atoms with Gasteiger partial charge in [-0.3, -0.25) is 38.6 Å². The van der Waals surface area contributed by atoms with Gasteiger partial charge in [0.1, 0.15) is 0 Å². The lowest BCUT2D eigenvalue weighted by molar-refractivity contribution is -0.128. The van der Waals surface area contributed by atoms with E-state index in [1.165, 1.54) is 9.80 Å². The zero-order valence-electron chi connectivity index (χ0n) is 25.1. The van der Waals surface area contributed by atoms with Gasteiger partial charge in [0, 0.05) is 11.4 Å². The van der Waals surface area contributed by atoms with Gasteiger partial charge in [-0.15, -0.1) is 0 Å². The largest absolute Gasteiger partial charge is 0.368 e. The normalized spacial score (nSPS) is 18.0. The maximum absolute atomic E-state index is 13.4. The monoisotopic (exact) mass is 660 g/mol. The smallest absolute Gasteiger partial charge is 0.291 e. The second kappa shape index (κ2) is 13.7. The molecule has 2 atom stereocenters. The van der Waals surface area contributed by atoms with Gasteiger partial charge in [-0.05, 0) is 72.8 Å². The Morgan fingerprint density at radius 2 is 0.935 bits per heavy atom. The minimum absolute atomic E-state index is 0.00210. The number of carbonyl (C=O) groups excluding carboxylic acids is 6. The van der Waals surface area contributed by atoms with Crippen LogP contribution < -0.4 is 21.3 Å². The van der Waals surface area contributed by atoms with Crippen molar-refractivity contribution in [3.05, 3.63) is 95.1 Å². The number of anilines is 2. The first-order valence-corrected chi connectivity index (χ1v) is 16.0. The van der Waals surface area contributed by atoms with E-state index >= 15 is 0 Å². The summed E-state index contributed by atoms with van der Waals surface area (Å²) in [7, 11) is 0. The molecule has 2 aliphatic rings. The van der Waals surface area contributed by atoms with Crippen LogP contribution in [0, 0.1) is 13.8 Å². The fraction of sp³-hybridized carbons (Fsp3) is 0.250. The fourth-order valence-corrected chi connectivity index (χ4v) is 7.14. The Kier molecular flexibility index (Phi) is 9.68. The SMILES string of the molecule is Cc1ccc(N(CC(N)=O)[C@@H]2SC(=O)N(Cc3ccc(CN4C(=O)S[C@@H](N(CC(N)=O)c5ccc(C)cc5)C4=O)cc3)C2=O)cc1. The summed E-state index contributed by atoms with van der Waals surface area (Å²) in [5.41, 5.74) is 15.4. The molecule has 2 heterocycles. The van der Waals surface area contributed by atoms with Crippen molar-refractivity contribution in [3.8, 4) is 0 Å². The molecule has 0 aliphatic carbocycles. The van der Waals surface area contributed by atoms with Crippen LogP contribution in [-0.4, -0.2) is 67.7 Å². The first kappa shape index (κ1) is 32.6. The summed E-state index contributed by atoms with van der Waals surface area (Å²) in [6.45, 7) is 3.35. The van der Waals surface area contributed by atoms with Gasteiger partial charge < -0.3 is 21.3 Å². The van der Waals surface area contributed by atoms with E-state index in [0.717, 1.165) is 44.5 Å². The highest BCUT2D eigenvalue weighted by atomic mass is 32.2. The Hall–Kier alpha value is -4.82. The second-order valence-electron chi connectivity index (χ2n) is 11.0. The highest BCUT2D eigenvalue weighted by molar-refractivity contribution is 8.15. The molecule has 12 nitrogen and oxygen atoms in total. The van der Waals surface area contributed by atoms with Crippen LogP contribution in [0.25, 0.3) is 0 Å². The van der Waals surface area contributed by atoms with Crippen molar-refractivity contribution >= 4 is 69.0 Å². The van der Waals surface area contributed by atoms with Crippen molar-refractivity contribution in [3.63, 3.8) is 0 Å². The average molecular weight is 661 g/mol. The van der Waals surface area contributed by atoms with E-state index in [9.17, 15) is 28.8 Å². The van der Waals surface area contributed by atoms with Gasteiger partial charge in [0.2, 0.25) is 11.8 Å². The molecule has 4 N–H and O–H groups in total. The van der Waals surface area contributed by atoms with Crippen LogP contribution in [-0.2, 0) is 32.3 Å². The summed E-state index contributed by atoms with van der Waals surface area (Å²) in [5, 5.41) is -2.81. The van der Waals surface area contributed by atoms with Crippen LogP contribution in [0.5, 0.6) is 0 Å². The van der Waals surface area contributed by atoms with Crippen molar-refractivity contribution in [2.75, 3.05) is 22.9 Å². The molecule has 0 radical (unpaired) electrons. The van der Waals surface area contributed by atoms with Gasteiger partial charge in [0.15, 0.2) is 10.7 Å². The Bertz CT molecular complexity index is 1560. The lowest BCUT2D eigenvalue weighted by Gasteiger charge is -2.27. The summed E-state index contributed by atoms with van der Waals surface area (Å²) >= 11 is 1.64. The molecule has 14 heteroatoms. The Morgan fingerprint density at radius 1 is 0.609 bits per heavy atom. The van der Waals surface area contributed by atoms with Crippen molar-refractivity contribution in [1.82, 2.24) is 9.80 Å². The molecule has 5 rings (SSSR count). The molecule has 238 valence electrons. The van der Waals surface area contributed by atoms with Crippen LogP contribution >= 0.6 is 23.5 Å². The van der Waals surface area contributed by atoms with Crippen molar-refractivity contribution in [2.24, 2.45) is 11.5 Å². The number of primary amides is 2. The summed E-state index contributed by atoms with van der Waals surface area (Å²) in [6.07, 6.45) is 0. The van der Waals surface area contributed by atoms with E-state index in [0.29, 0.717) is 22.5 Å². The molecule has 0 aromatic heterocycles. The maximum Gasteiger partial charge on any atom is 0.291 e. The summed E-state index contributed by atoms with van der Waals surface area (Å²) in [5.74, 6) is -2.20. The zero-order valence-corrected chi connectivity index (χ0v) is 26.8. The lowest BCUT2D eigenvalue weighted by atomic mass is 10.1. The molecule has 0 bridgehead atoms. The van der Waals surface area contributed by atoms with Gasteiger partial charge >= 0.3 is 0 Å². The second-order valence-corrected chi connectivity index (χ2v) is 13.1. The van der Waals surface area contributed by atoms with Crippen LogP contribution in [0.3, 0.4) is 0 Å². The molecule has 2 aliphatic heterocycles. The van der Waals surface area contributed by atoms with Gasteiger partial charge in [-0.2, -0.15) is 0 Å². The van der Waals surface area contributed by atoms with E-state index in [2.05, 4.69) is 0 Å². The van der Waals surface area contributed by atoms with Crippen LogP contribution in [0.4, 0.5) is 21.0 Å². The van der Waals surface area contributed by atoms with Gasteiger partial charge in [0.25, 0.3) is 22.3 Å². The topological polar surface area (TPSA) is 167 Å². The fourth-order valence-electron chi connectivity index (χ4n) is 5.09. The number of hydrogen-bond donors (Lipinski definition) is 2. The number of carbonyl (C=O) groups is 6. The number of imide groups is 2. The standard InChI is InChI=1S/C32H32N6O6S2/c1-19-3-11-23(12-4-19)35(17-25(33)39)29-27(41)37(31(43)45-29)15-21-7-9-22(10-8-21)16-38-28(42)30(46-32(38)44)36(18-26(34)40)24-13-5-20(2)6-14-24/h3-14,29-30H,15-18H2,1-2H3,(H2,33,39)(H2,34,40)/t29-,30-/m1/s1. The zero-order chi connectivity index (χ0) is 33.1. The minimum atomic E-state index is -0.950. The lowest BCUT2D eigenvalue weighted by Crippen LogP contribution is -2.45. The Balaban J connectivity index is 1.26. The molecule has 6 amide bonds. The molecule has 3 aromatic rings. The molecule has 2 fully saturated rings. The van der Waals surface area contributed by atoms with Gasteiger partial charge in [-0.1, -0.05) is 59.7 Å². The molecule has 0 saturated carbocycles. The van der Waals surface area contributed by atoms with E-state index in [1.807, 2.05) is 38.1 Å². The van der Waals surface area contributed by atoms with Crippen LogP contribution in [0.15, 0.2) is 72.8 Å². The molecule has 3 aromatic carbocycles. The molecule has 0 spiro atoms. The van der Waals surface area contributed by atoms with E-state index < -0.39 is 44.9 Å². The van der Waals surface area contributed by atoms with E-state index in [-0.39, 0.29) is 26.2 Å². The van der Waals surface area contributed by atoms with Crippen molar-refractivity contribution < 1.29 is 28.8 Å². The number of aryl methyl sites for hydroxylation is 2. The summed E-state index contributed by atoms with van der Waals surface area (Å²) in [6, 6.07) is 21.3. The first-order chi connectivity index (χ1) is 21.9. The van der Waals surface area contributed by atoms with Crippen molar-refractivity contribution in [1.29, 1.82) is 0 Å². The Labute approximate surface area is 274 Å². The Morgan fingerprint density at radius 3 is 1.24 bits per heavy atom. The van der Waals surface area contributed by atoms with Crippen molar-refractivity contribution in [2.45, 2.75) is 37.7 Å². The quantitative estimate of drug-likeness (QED) is 0.294. The number of amides is 6. The van der Waals surface area contributed by atoms with Crippen LogP contribution in [0.1, 0.15) is 22.3 Å². The predicted molar refractivity (Wildman–Crippen MR) is 177 cm³/mol. The number of nitrogens with zero attached hydrogens (tertiary/aromatic N) is 4. The third-order valence-corrected chi connectivity index (χ3v) is 9.68. The summed E-state index contributed by atoms with van der Waals surface area (Å²) in [4.78, 5) is 81.6. The summed E-state index contributed by atoms with van der Waals surface area (Å²) < 4.78 is 0. The molecule has 46 heavy (non-hydrogen) atoms.